The van der Waals surface area contributed by atoms with E-state index < -0.39 is 6.04 Å². The van der Waals surface area contributed by atoms with Crippen LogP contribution in [0.5, 0.6) is 0 Å². The van der Waals surface area contributed by atoms with Crippen LogP contribution in [-0.2, 0) is 0 Å². The first-order valence-corrected chi connectivity index (χ1v) is 20.0. The molecule has 0 spiro atoms. The van der Waals surface area contributed by atoms with Crippen LogP contribution >= 0.6 is 0 Å². The fourth-order valence-corrected chi connectivity index (χ4v) is 10.1. The molecule has 59 heavy (non-hydrogen) atoms. The molecule has 0 aliphatic heterocycles. The third-order valence-corrected chi connectivity index (χ3v) is 12.5. The SMILES string of the molecule is C=Nc1c(C(c2ccc3c4ccccc4n(-c4ccccc4)c3c2)n2c3c4ccccc4ccc3c3c4ccccc4c4c5ccccc5oc4c32)oc2ccccc12. The second-order valence-electron chi connectivity index (χ2n) is 15.5. The summed E-state index contributed by atoms with van der Waals surface area (Å²) in [7, 11) is 0. The number of hydrogen-bond acceptors (Lipinski definition) is 3. The first kappa shape index (κ1) is 32.2. The summed E-state index contributed by atoms with van der Waals surface area (Å²) in [4.78, 5) is 4.76. The molecule has 9 aromatic carbocycles. The van der Waals surface area contributed by atoms with Crippen molar-refractivity contribution in [2.24, 2.45) is 4.99 Å². The van der Waals surface area contributed by atoms with E-state index in [0.29, 0.717) is 5.76 Å². The predicted octanol–water partition coefficient (Wildman–Crippen LogP) is 14.8. The molecule has 0 bridgehead atoms. The summed E-state index contributed by atoms with van der Waals surface area (Å²) in [5.74, 6) is 0.715. The van der Waals surface area contributed by atoms with E-state index in [1.807, 2.05) is 24.3 Å². The summed E-state index contributed by atoms with van der Waals surface area (Å²) in [6.45, 7) is 4.16. The third-order valence-electron chi connectivity index (χ3n) is 12.5. The van der Waals surface area contributed by atoms with Crippen molar-refractivity contribution < 1.29 is 8.83 Å². The number of para-hydroxylation sites is 4. The van der Waals surface area contributed by atoms with E-state index in [-0.39, 0.29) is 0 Å². The Bertz CT molecular complexity index is 3880. The highest BCUT2D eigenvalue weighted by atomic mass is 16.3. The summed E-state index contributed by atoms with van der Waals surface area (Å²) in [5, 5.41) is 12.4. The molecule has 0 saturated carbocycles. The number of benzene rings is 9. The zero-order valence-corrected chi connectivity index (χ0v) is 31.8. The van der Waals surface area contributed by atoms with Crippen LogP contribution in [0.2, 0.25) is 0 Å². The van der Waals surface area contributed by atoms with E-state index in [9.17, 15) is 0 Å². The van der Waals surface area contributed by atoms with E-state index in [1.54, 1.807) is 0 Å². The minimum atomic E-state index is -0.502. The van der Waals surface area contributed by atoms with Crippen molar-refractivity contribution in [2.45, 2.75) is 6.04 Å². The van der Waals surface area contributed by atoms with Gasteiger partial charge in [-0.3, -0.25) is 4.99 Å². The lowest BCUT2D eigenvalue weighted by molar-refractivity contribution is 0.501. The second-order valence-corrected chi connectivity index (χ2v) is 15.5. The van der Waals surface area contributed by atoms with Crippen molar-refractivity contribution in [2.75, 3.05) is 0 Å². The molecular formula is C54H33N3O2. The van der Waals surface area contributed by atoms with Gasteiger partial charge in [0.25, 0.3) is 0 Å². The normalized spacial score (nSPS) is 12.7. The summed E-state index contributed by atoms with van der Waals surface area (Å²) in [5.41, 5.74) is 9.69. The summed E-state index contributed by atoms with van der Waals surface area (Å²) < 4.78 is 19.1. The van der Waals surface area contributed by atoms with Gasteiger partial charge >= 0.3 is 0 Å². The van der Waals surface area contributed by atoms with E-state index >= 15 is 0 Å². The molecule has 1 unspecified atom stereocenters. The van der Waals surface area contributed by atoms with E-state index in [2.05, 4.69) is 174 Å². The summed E-state index contributed by atoms with van der Waals surface area (Å²) in [6, 6.07) is 64.2. The number of aromatic nitrogens is 2. The number of nitrogens with zero attached hydrogens (tertiary/aromatic N) is 3. The Morgan fingerprint density at radius 2 is 1.07 bits per heavy atom. The maximum absolute atomic E-state index is 7.09. The molecule has 5 heteroatoms. The number of aliphatic imine (C=N–C) groups is 1. The van der Waals surface area contributed by atoms with Crippen LogP contribution in [0.3, 0.4) is 0 Å². The van der Waals surface area contributed by atoms with Crippen LogP contribution in [0.25, 0.3) is 104 Å². The molecule has 4 heterocycles. The quantitative estimate of drug-likeness (QED) is 0.164. The number of furan rings is 2. The molecule has 1 atom stereocenters. The van der Waals surface area contributed by atoms with E-state index in [1.165, 1.54) is 16.2 Å². The first-order chi connectivity index (χ1) is 29.3. The Morgan fingerprint density at radius 3 is 1.86 bits per heavy atom. The second kappa shape index (κ2) is 12.1. The molecule has 0 aliphatic carbocycles. The summed E-state index contributed by atoms with van der Waals surface area (Å²) >= 11 is 0. The zero-order valence-electron chi connectivity index (χ0n) is 31.8. The van der Waals surface area contributed by atoms with Gasteiger partial charge in [-0.1, -0.05) is 140 Å². The number of hydrogen-bond donors (Lipinski definition) is 0. The van der Waals surface area contributed by atoms with Crippen LogP contribution in [0.15, 0.2) is 196 Å². The Morgan fingerprint density at radius 1 is 0.458 bits per heavy atom. The van der Waals surface area contributed by atoms with Crippen LogP contribution in [0, 0.1) is 0 Å². The Hall–Kier alpha value is -7.89. The van der Waals surface area contributed by atoms with Gasteiger partial charge in [0.15, 0.2) is 11.3 Å². The molecule has 0 aliphatic rings. The largest absolute Gasteiger partial charge is 0.456 e. The highest BCUT2D eigenvalue weighted by Gasteiger charge is 2.33. The predicted molar refractivity (Wildman–Crippen MR) is 245 cm³/mol. The maximum Gasteiger partial charge on any atom is 0.160 e. The number of fused-ring (bicyclic) bond motifs is 16. The molecule has 4 aromatic heterocycles. The fourth-order valence-electron chi connectivity index (χ4n) is 10.1. The summed E-state index contributed by atoms with van der Waals surface area (Å²) in [6.07, 6.45) is 0. The van der Waals surface area contributed by atoms with E-state index in [4.69, 9.17) is 13.8 Å². The van der Waals surface area contributed by atoms with Crippen LogP contribution in [-0.4, -0.2) is 15.9 Å². The minimum absolute atomic E-state index is 0.502. The van der Waals surface area contributed by atoms with Gasteiger partial charge in [0, 0.05) is 48.8 Å². The Labute approximate surface area is 337 Å². The molecular weight excluding hydrogens is 723 g/mol. The van der Waals surface area contributed by atoms with Gasteiger partial charge in [0.1, 0.15) is 22.9 Å². The lowest BCUT2D eigenvalue weighted by Gasteiger charge is -2.22. The third kappa shape index (κ3) is 4.36. The molecule has 276 valence electrons. The molecule has 5 nitrogen and oxygen atoms in total. The monoisotopic (exact) mass is 755 g/mol. The van der Waals surface area contributed by atoms with Crippen molar-refractivity contribution >= 4 is 110 Å². The molecule has 13 aromatic rings. The standard InChI is InChI=1S/C54H33N3O2/c1-55-49-41-23-11-14-26-46(41)59-54(49)50(33-28-29-37-36-19-9-12-24-43(36)56(44(37)31-33)34-16-3-2-4-17-34)57-51-35-18-6-5-15-32(35)27-30-42(51)47-38-20-7-8-21-39(38)48-40-22-10-13-25-45(40)58-53(48)52(47)57/h2-31,50H,1H2. The van der Waals surface area contributed by atoms with Crippen molar-refractivity contribution in [1.82, 2.24) is 9.13 Å². The lowest BCUT2D eigenvalue weighted by Crippen LogP contribution is -2.12. The van der Waals surface area contributed by atoms with Crippen molar-refractivity contribution in [1.29, 1.82) is 0 Å². The lowest BCUT2D eigenvalue weighted by atomic mass is 9.98. The highest BCUT2D eigenvalue weighted by molar-refractivity contribution is 6.36. The first-order valence-electron chi connectivity index (χ1n) is 20.0. The van der Waals surface area contributed by atoms with Crippen LogP contribution in [0.4, 0.5) is 5.69 Å². The van der Waals surface area contributed by atoms with Crippen molar-refractivity contribution in [3.8, 4) is 5.69 Å². The van der Waals surface area contributed by atoms with Crippen molar-refractivity contribution in [3.63, 3.8) is 0 Å². The molecule has 0 saturated heterocycles. The van der Waals surface area contributed by atoms with Gasteiger partial charge in [0.05, 0.1) is 22.1 Å². The van der Waals surface area contributed by atoms with Gasteiger partial charge in [-0.25, -0.2) is 0 Å². The maximum atomic E-state index is 7.09. The van der Waals surface area contributed by atoms with Gasteiger partial charge < -0.3 is 18.0 Å². The average molecular weight is 756 g/mol. The van der Waals surface area contributed by atoms with Crippen LogP contribution < -0.4 is 0 Å². The molecule has 0 radical (unpaired) electrons. The molecule has 13 rings (SSSR count). The fraction of sp³-hybridized carbons (Fsp3) is 0.0185. The molecule has 0 N–H and O–H groups in total. The Balaban J connectivity index is 1.28. The smallest absolute Gasteiger partial charge is 0.160 e. The molecule has 0 fully saturated rings. The van der Waals surface area contributed by atoms with Gasteiger partial charge in [0.2, 0.25) is 0 Å². The topological polar surface area (TPSA) is 48.5 Å². The highest BCUT2D eigenvalue weighted by Crippen LogP contribution is 2.51. The van der Waals surface area contributed by atoms with Gasteiger partial charge in [-0.15, -0.1) is 0 Å². The zero-order chi connectivity index (χ0) is 38.8. The van der Waals surface area contributed by atoms with Crippen molar-refractivity contribution in [3.05, 3.63) is 193 Å². The van der Waals surface area contributed by atoms with Gasteiger partial charge in [-0.05, 0) is 70.9 Å². The van der Waals surface area contributed by atoms with Crippen LogP contribution in [0.1, 0.15) is 17.4 Å². The molecule has 0 amide bonds. The van der Waals surface area contributed by atoms with E-state index in [0.717, 1.165) is 98.8 Å². The Kier molecular flexibility index (Phi) is 6.59. The number of rotatable bonds is 5. The average Bonchev–Trinajstić information content (AvgIpc) is 4.05. The van der Waals surface area contributed by atoms with Gasteiger partial charge in [-0.2, -0.15) is 0 Å². The minimum Gasteiger partial charge on any atom is -0.456 e.